The second-order valence-electron chi connectivity index (χ2n) is 3.54. The number of nitrogens with one attached hydrogen (secondary N) is 1. The molecule has 0 radical (unpaired) electrons. The fourth-order valence-electron chi connectivity index (χ4n) is 1.59. The molecule has 4 heteroatoms. The number of hydrogen-bond acceptors (Lipinski definition) is 4. The summed E-state index contributed by atoms with van der Waals surface area (Å²) < 4.78 is 6.41. The van der Waals surface area contributed by atoms with Gasteiger partial charge in [0.2, 0.25) is 0 Å². The van der Waals surface area contributed by atoms with Crippen LogP contribution in [0.1, 0.15) is 5.56 Å². The summed E-state index contributed by atoms with van der Waals surface area (Å²) >= 11 is 1.63. The molecular formula is C12H10N2OS. The van der Waals surface area contributed by atoms with Gasteiger partial charge >= 0.3 is 0 Å². The van der Waals surface area contributed by atoms with Crippen molar-refractivity contribution in [3.63, 3.8) is 0 Å². The predicted octanol–water partition coefficient (Wildman–Crippen LogP) is 3.94. The Morgan fingerprint density at radius 3 is 2.94 bits per heavy atom. The van der Waals surface area contributed by atoms with Crippen molar-refractivity contribution < 1.29 is 4.42 Å². The van der Waals surface area contributed by atoms with Gasteiger partial charge < -0.3 is 9.73 Å². The minimum Gasteiger partial charge on any atom is -0.449 e. The van der Waals surface area contributed by atoms with E-state index in [1.54, 1.807) is 17.6 Å². The number of aromatic nitrogens is 1. The quantitative estimate of drug-likeness (QED) is 0.724. The van der Waals surface area contributed by atoms with E-state index in [4.69, 9.17) is 4.42 Å². The zero-order valence-electron chi connectivity index (χ0n) is 8.73. The lowest BCUT2D eigenvalue weighted by Gasteiger charge is -1.94. The lowest BCUT2D eigenvalue weighted by atomic mass is 10.2. The number of rotatable bonds is 2. The third kappa shape index (κ3) is 1.57. The number of fused-ring (bicyclic) bond motifs is 1. The van der Waals surface area contributed by atoms with Crippen LogP contribution in [0.3, 0.4) is 0 Å². The van der Waals surface area contributed by atoms with Gasteiger partial charge in [0.25, 0.3) is 0 Å². The van der Waals surface area contributed by atoms with Crippen LogP contribution in [0.25, 0.3) is 10.2 Å². The highest BCUT2D eigenvalue weighted by Gasteiger charge is 2.06. The molecule has 3 rings (SSSR count). The first-order valence-electron chi connectivity index (χ1n) is 4.99. The summed E-state index contributed by atoms with van der Waals surface area (Å²) in [4.78, 5) is 4.53. The Bertz CT molecular complexity index is 613. The monoisotopic (exact) mass is 230 g/mol. The number of benzene rings is 1. The maximum absolute atomic E-state index is 5.22. The molecule has 1 aromatic carbocycles. The van der Waals surface area contributed by atoms with Crippen molar-refractivity contribution in [2.75, 3.05) is 5.32 Å². The topological polar surface area (TPSA) is 38.1 Å². The molecule has 80 valence electrons. The van der Waals surface area contributed by atoms with Crippen LogP contribution >= 0.6 is 11.3 Å². The van der Waals surface area contributed by atoms with Gasteiger partial charge in [-0.3, -0.25) is 0 Å². The number of nitrogens with zero attached hydrogens (tertiary/aromatic N) is 1. The lowest BCUT2D eigenvalue weighted by Crippen LogP contribution is -1.85. The summed E-state index contributed by atoms with van der Waals surface area (Å²) in [5.74, 6) is 0.719. The van der Waals surface area contributed by atoms with Crippen LogP contribution < -0.4 is 5.32 Å². The van der Waals surface area contributed by atoms with E-state index in [1.807, 2.05) is 18.2 Å². The summed E-state index contributed by atoms with van der Waals surface area (Å²) in [7, 11) is 0. The first-order chi connectivity index (χ1) is 7.83. The van der Waals surface area contributed by atoms with Crippen LogP contribution in [0.2, 0.25) is 0 Å². The van der Waals surface area contributed by atoms with E-state index in [9.17, 15) is 0 Å². The van der Waals surface area contributed by atoms with E-state index in [-0.39, 0.29) is 0 Å². The Hall–Kier alpha value is -1.81. The molecule has 1 N–H and O–H groups in total. The molecule has 0 aliphatic rings. The summed E-state index contributed by atoms with van der Waals surface area (Å²) in [6, 6.07) is 9.92. The van der Waals surface area contributed by atoms with Crippen molar-refractivity contribution >= 4 is 32.6 Å². The molecule has 0 spiro atoms. The first kappa shape index (κ1) is 9.42. The highest BCUT2D eigenvalue weighted by atomic mass is 32.1. The third-order valence-electron chi connectivity index (χ3n) is 2.37. The van der Waals surface area contributed by atoms with E-state index >= 15 is 0 Å². The molecule has 0 unspecified atom stereocenters. The molecule has 0 amide bonds. The SMILES string of the molecule is Cc1cccc2sc(Nc3ccco3)nc12. The van der Waals surface area contributed by atoms with Gasteiger partial charge in [-0.15, -0.1) is 0 Å². The van der Waals surface area contributed by atoms with Crippen molar-refractivity contribution in [3.05, 3.63) is 42.2 Å². The minimum absolute atomic E-state index is 0.719. The van der Waals surface area contributed by atoms with E-state index in [2.05, 4.69) is 29.4 Å². The Morgan fingerprint density at radius 2 is 2.19 bits per heavy atom. The van der Waals surface area contributed by atoms with Crippen molar-refractivity contribution in [2.45, 2.75) is 6.92 Å². The fourth-order valence-corrected chi connectivity index (χ4v) is 2.54. The molecule has 0 saturated carbocycles. The maximum atomic E-state index is 5.22. The summed E-state index contributed by atoms with van der Waals surface area (Å²) in [6.45, 7) is 2.07. The van der Waals surface area contributed by atoms with Crippen LogP contribution in [-0.4, -0.2) is 4.98 Å². The predicted molar refractivity (Wildman–Crippen MR) is 66.3 cm³/mol. The molecule has 0 bridgehead atoms. The highest BCUT2D eigenvalue weighted by molar-refractivity contribution is 7.22. The molecule has 0 atom stereocenters. The van der Waals surface area contributed by atoms with Gasteiger partial charge in [-0.2, -0.15) is 0 Å². The standard InChI is InChI=1S/C12H10N2OS/c1-8-4-2-5-9-11(8)14-12(16-9)13-10-6-3-7-15-10/h2-7H,1H3,(H,13,14). The second kappa shape index (κ2) is 3.64. The Labute approximate surface area is 96.7 Å². The molecule has 2 aromatic heterocycles. The molecule has 16 heavy (non-hydrogen) atoms. The molecule has 2 heterocycles. The van der Waals surface area contributed by atoms with Gasteiger partial charge in [0.15, 0.2) is 11.0 Å². The second-order valence-corrected chi connectivity index (χ2v) is 4.57. The van der Waals surface area contributed by atoms with Crippen LogP contribution in [0.4, 0.5) is 11.0 Å². The van der Waals surface area contributed by atoms with Crippen molar-refractivity contribution in [1.82, 2.24) is 4.98 Å². The number of aryl methyl sites for hydroxylation is 1. The minimum atomic E-state index is 0.719. The summed E-state index contributed by atoms with van der Waals surface area (Å²) in [5, 5.41) is 4.00. The Morgan fingerprint density at radius 1 is 1.25 bits per heavy atom. The van der Waals surface area contributed by atoms with Crippen LogP contribution in [-0.2, 0) is 0 Å². The van der Waals surface area contributed by atoms with E-state index in [0.717, 1.165) is 16.5 Å². The summed E-state index contributed by atoms with van der Waals surface area (Å²) in [6.07, 6.45) is 1.64. The number of para-hydroxylation sites is 1. The fraction of sp³-hybridized carbons (Fsp3) is 0.0833. The zero-order valence-corrected chi connectivity index (χ0v) is 9.54. The molecule has 0 aliphatic heterocycles. The van der Waals surface area contributed by atoms with E-state index in [1.165, 1.54) is 10.3 Å². The van der Waals surface area contributed by atoms with E-state index in [0.29, 0.717) is 0 Å². The van der Waals surface area contributed by atoms with Gasteiger partial charge in [-0.25, -0.2) is 4.98 Å². The maximum Gasteiger partial charge on any atom is 0.198 e. The van der Waals surface area contributed by atoms with E-state index < -0.39 is 0 Å². The molecule has 0 fully saturated rings. The van der Waals surface area contributed by atoms with Crippen molar-refractivity contribution in [1.29, 1.82) is 0 Å². The lowest BCUT2D eigenvalue weighted by molar-refractivity contribution is 0.585. The van der Waals surface area contributed by atoms with Crippen molar-refractivity contribution in [3.8, 4) is 0 Å². The largest absolute Gasteiger partial charge is 0.449 e. The normalized spacial score (nSPS) is 10.8. The third-order valence-corrected chi connectivity index (χ3v) is 3.31. The number of furan rings is 1. The molecule has 0 saturated heterocycles. The highest BCUT2D eigenvalue weighted by Crippen LogP contribution is 2.29. The smallest absolute Gasteiger partial charge is 0.198 e. The van der Waals surface area contributed by atoms with Gasteiger partial charge in [0, 0.05) is 6.07 Å². The summed E-state index contributed by atoms with van der Waals surface area (Å²) in [5.41, 5.74) is 2.25. The number of thiazole rings is 1. The van der Waals surface area contributed by atoms with Crippen molar-refractivity contribution in [2.24, 2.45) is 0 Å². The van der Waals surface area contributed by atoms with Crippen LogP contribution in [0.5, 0.6) is 0 Å². The molecule has 0 aliphatic carbocycles. The first-order valence-corrected chi connectivity index (χ1v) is 5.81. The average Bonchev–Trinajstić information content (AvgIpc) is 2.88. The Balaban J connectivity index is 2.02. The van der Waals surface area contributed by atoms with Crippen LogP contribution in [0.15, 0.2) is 41.0 Å². The number of anilines is 2. The number of hydrogen-bond donors (Lipinski definition) is 1. The van der Waals surface area contributed by atoms with Gasteiger partial charge in [0.1, 0.15) is 0 Å². The van der Waals surface area contributed by atoms with Gasteiger partial charge in [-0.1, -0.05) is 23.5 Å². The van der Waals surface area contributed by atoms with Gasteiger partial charge in [0.05, 0.1) is 16.5 Å². The molecule has 3 aromatic rings. The van der Waals surface area contributed by atoms with Crippen LogP contribution in [0, 0.1) is 6.92 Å². The zero-order chi connectivity index (χ0) is 11.0. The Kier molecular flexibility index (Phi) is 2.15. The molecular weight excluding hydrogens is 220 g/mol. The average molecular weight is 230 g/mol. The van der Waals surface area contributed by atoms with Gasteiger partial charge in [-0.05, 0) is 24.6 Å². The molecule has 3 nitrogen and oxygen atoms in total.